The molecule has 1 fully saturated rings. The smallest absolute Gasteiger partial charge is 0.317 e. The van der Waals surface area contributed by atoms with Crippen LogP contribution in [0.25, 0.3) is 10.9 Å². The molecule has 3 heterocycles. The van der Waals surface area contributed by atoms with E-state index in [0.717, 1.165) is 40.7 Å². The fraction of sp³-hybridized carbons (Fsp3) is 0.381. The van der Waals surface area contributed by atoms with Crippen molar-refractivity contribution < 1.29 is 14.7 Å². The number of nitrogens with one attached hydrogen (secondary N) is 2. The van der Waals surface area contributed by atoms with Crippen LogP contribution >= 0.6 is 0 Å². The molecule has 0 spiro atoms. The highest BCUT2D eigenvalue weighted by atomic mass is 16.3. The van der Waals surface area contributed by atoms with E-state index in [2.05, 4.69) is 32.5 Å². The molecule has 31 heavy (non-hydrogen) atoms. The fourth-order valence-electron chi connectivity index (χ4n) is 3.86. The molecule has 0 bridgehead atoms. The predicted octanol–water partition coefficient (Wildman–Crippen LogP) is 1.76. The van der Waals surface area contributed by atoms with Crippen molar-refractivity contribution in [2.45, 2.75) is 32.2 Å². The average molecular weight is 426 g/mol. The number of urea groups is 1. The number of amides is 2. The van der Waals surface area contributed by atoms with Gasteiger partial charge in [-0.2, -0.15) is 5.10 Å². The van der Waals surface area contributed by atoms with Crippen LogP contribution in [0, 0.1) is 6.92 Å². The molecule has 2 aromatic heterocycles. The number of carbonyl (C=O) groups is 2. The van der Waals surface area contributed by atoms with Crippen molar-refractivity contribution >= 4 is 23.4 Å². The van der Waals surface area contributed by atoms with Crippen LogP contribution in [0.2, 0.25) is 0 Å². The van der Waals surface area contributed by atoms with E-state index in [1.165, 1.54) is 12.4 Å². The Morgan fingerprint density at radius 2 is 2.16 bits per heavy atom. The number of rotatable bonds is 3. The van der Waals surface area contributed by atoms with Crippen LogP contribution in [0.3, 0.4) is 0 Å². The van der Waals surface area contributed by atoms with Crippen LogP contribution in [0.5, 0.6) is 0 Å². The third kappa shape index (κ3) is 5.27. The van der Waals surface area contributed by atoms with Gasteiger partial charge in [-0.25, -0.2) is 9.78 Å². The minimum atomic E-state index is -0.250. The summed E-state index contributed by atoms with van der Waals surface area (Å²) in [6, 6.07) is 7.62. The lowest BCUT2D eigenvalue weighted by atomic mass is 9.95. The van der Waals surface area contributed by atoms with E-state index in [4.69, 9.17) is 9.90 Å². The number of H-pyrrole nitrogens is 1. The Kier molecular flexibility index (Phi) is 7.01. The van der Waals surface area contributed by atoms with Gasteiger partial charge in [-0.1, -0.05) is 11.6 Å². The normalized spacial score (nSPS) is 15.8. The predicted molar refractivity (Wildman–Crippen MR) is 115 cm³/mol. The summed E-state index contributed by atoms with van der Waals surface area (Å²) in [4.78, 5) is 41.2. The third-order valence-electron chi connectivity index (χ3n) is 5.32. The molecule has 1 unspecified atom stereocenters. The molecule has 1 atom stereocenters. The molecular formula is C21H26N6O4. The molecule has 0 saturated carbocycles. The lowest BCUT2D eigenvalue weighted by Gasteiger charge is -2.32. The Labute approximate surface area is 178 Å². The van der Waals surface area contributed by atoms with E-state index in [-0.39, 0.29) is 24.0 Å². The van der Waals surface area contributed by atoms with Gasteiger partial charge in [0.25, 0.3) is 12.0 Å². The van der Waals surface area contributed by atoms with E-state index >= 15 is 0 Å². The van der Waals surface area contributed by atoms with Crippen LogP contribution in [0.15, 0.2) is 35.4 Å². The van der Waals surface area contributed by atoms with Crippen molar-refractivity contribution in [1.82, 2.24) is 30.0 Å². The van der Waals surface area contributed by atoms with E-state index in [9.17, 15) is 9.59 Å². The number of hydrogen-bond acceptors (Lipinski definition) is 5. The molecule has 0 radical (unpaired) electrons. The first kappa shape index (κ1) is 22.0. The van der Waals surface area contributed by atoms with E-state index in [1.54, 1.807) is 4.90 Å². The number of fused-ring (bicyclic) bond motifs is 1. The van der Waals surface area contributed by atoms with Crippen molar-refractivity contribution in [3.8, 4) is 0 Å². The first-order chi connectivity index (χ1) is 14.9. The van der Waals surface area contributed by atoms with Gasteiger partial charge in [0.2, 0.25) is 0 Å². The van der Waals surface area contributed by atoms with Crippen LogP contribution in [-0.4, -0.2) is 55.3 Å². The Morgan fingerprint density at radius 1 is 1.39 bits per heavy atom. The molecule has 2 amide bonds. The summed E-state index contributed by atoms with van der Waals surface area (Å²) in [5, 5.41) is 15.5. The number of likely N-dealkylation sites (tertiary alicyclic amines) is 1. The topological polar surface area (TPSA) is 133 Å². The van der Waals surface area contributed by atoms with Crippen LogP contribution < -0.4 is 10.9 Å². The summed E-state index contributed by atoms with van der Waals surface area (Å²) < 4.78 is 1.84. The van der Waals surface area contributed by atoms with Gasteiger partial charge >= 0.3 is 6.03 Å². The van der Waals surface area contributed by atoms with E-state index < -0.39 is 0 Å². The summed E-state index contributed by atoms with van der Waals surface area (Å²) in [5.74, 6) is 0.0835. The van der Waals surface area contributed by atoms with Crippen LogP contribution in [0.1, 0.15) is 35.7 Å². The van der Waals surface area contributed by atoms with Crippen molar-refractivity contribution in [2.24, 2.45) is 7.05 Å². The lowest BCUT2D eigenvalue weighted by molar-refractivity contribution is -0.122. The van der Waals surface area contributed by atoms with E-state index in [0.29, 0.717) is 19.6 Å². The van der Waals surface area contributed by atoms with Gasteiger partial charge in [0.15, 0.2) is 0 Å². The molecule has 1 aliphatic rings. The zero-order chi connectivity index (χ0) is 22.4. The van der Waals surface area contributed by atoms with Gasteiger partial charge in [0.05, 0.1) is 29.8 Å². The molecule has 1 aromatic carbocycles. The maximum absolute atomic E-state index is 12.7. The maximum Gasteiger partial charge on any atom is 0.317 e. The standard InChI is InChI=1S/C20H24N6O2.CH2O2/c1-13-5-6-18-15(8-13)17(24-25(18)2)10-21-20(28)26-7-3-4-14(11-26)16-9-19(27)23-12-22-16;2-1-3/h5-6,8-9,12,14H,3-4,7,10-11H2,1-2H3,(H,21,28)(H,22,23,27);1H,(H,2,3). The molecule has 164 valence electrons. The summed E-state index contributed by atoms with van der Waals surface area (Å²) in [6.45, 7) is 3.44. The quantitative estimate of drug-likeness (QED) is 0.547. The van der Waals surface area contributed by atoms with Crippen molar-refractivity contribution in [3.05, 3.63) is 57.9 Å². The van der Waals surface area contributed by atoms with Gasteiger partial charge < -0.3 is 20.3 Å². The number of hydrogen-bond donors (Lipinski definition) is 3. The number of piperidine rings is 1. The van der Waals surface area contributed by atoms with Crippen molar-refractivity contribution in [3.63, 3.8) is 0 Å². The highest BCUT2D eigenvalue weighted by Gasteiger charge is 2.26. The number of carboxylic acid groups (broad SMARTS) is 1. The molecule has 4 rings (SSSR count). The molecule has 3 aromatic rings. The molecule has 1 saturated heterocycles. The minimum Gasteiger partial charge on any atom is -0.483 e. The molecule has 3 N–H and O–H groups in total. The lowest BCUT2D eigenvalue weighted by Crippen LogP contribution is -2.45. The van der Waals surface area contributed by atoms with Gasteiger partial charge in [0.1, 0.15) is 0 Å². The van der Waals surface area contributed by atoms with Gasteiger partial charge in [-0.3, -0.25) is 14.3 Å². The highest BCUT2D eigenvalue weighted by molar-refractivity contribution is 5.83. The van der Waals surface area contributed by atoms with Crippen molar-refractivity contribution in [1.29, 1.82) is 0 Å². The molecular weight excluding hydrogens is 400 g/mol. The highest BCUT2D eigenvalue weighted by Crippen LogP contribution is 2.25. The van der Waals surface area contributed by atoms with E-state index in [1.807, 2.05) is 24.7 Å². The largest absolute Gasteiger partial charge is 0.483 e. The first-order valence-corrected chi connectivity index (χ1v) is 10.0. The number of benzene rings is 1. The Balaban J connectivity index is 0.000000858. The summed E-state index contributed by atoms with van der Waals surface area (Å²) in [5.41, 5.74) is 3.65. The second-order valence-electron chi connectivity index (χ2n) is 7.48. The van der Waals surface area contributed by atoms with Gasteiger partial charge in [0, 0.05) is 37.5 Å². The third-order valence-corrected chi connectivity index (χ3v) is 5.32. The number of aromatic nitrogens is 4. The molecule has 0 aliphatic carbocycles. The average Bonchev–Trinajstić information content (AvgIpc) is 3.07. The zero-order valence-electron chi connectivity index (χ0n) is 17.5. The second-order valence-corrected chi connectivity index (χ2v) is 7.48. The van der Waals surface area contributed by atoms with Crippen LogP contribution in [0.4, 0.5) is 4.79 Å². The first-order valence-electron chi connectivity index (χ1n) is 10.0. The zero-order valence-corrected chi connectivity index (χ0v) is 17.5. The summed E-state index contributed by atoms with van der Waals surface area (Å²) in [6.07, 6.45) is 3.23. The number of nitrogens with zero attached hydrogens (tertiary/aromatic N) is 4. The SMILES string of the molecule is Cc1ccc2c(c1)c(CNC(=O)N1CCCC(c3cc(=O)[nH]cn3)C1)nn2C.O=CO. The Morgan fingerprint density at radius 3 is 2.90 bits per heavy atom. The fourth-order valence-corrected chi connectivity index (χ4v) is 3.86. The second kappa shape index (κ2) is 9.88. The maximum atomic E-state index is 12.7. The molecule has 10 heteroatoms. The monoisotopic (exact) mass is 426 g/mol. The minimum absolute atomic E-state index is 0.0835. The number of carbonyl (C=O) groups excluding carboxylic acids is 1. The summed E-state index contributed by atoms with van der Waals surface area (Å²) in [7, 11) is 1.91. The van der Waals surface area contributed by atoms with Crippen molar-refractivity contribution in [2.75, 3.05) is 13.1 Å². The Bertz CT molecular complexity index is 1120. The number of aryl methyl sites for hydroxylation is 2. The Hall–Kier alpha value is -3.69. The van der Waals surface area contributed by atoms with Gasteiger partial charge in [-0.15, -0.1) is 0 Å². The van der Waals surface area contributed by atoms with Gasteiger partial charge in [-0.05, 0) is 31.9 Å². The number of aromatic amines is 1. The molecule has 10 nitrogen and oxygen atoms in total. The molecule has 1 aliphatic heterocycles. The van der Waals surface area contributed by atoms with Crippen LogP contribution in [-0.2, 0) is 18.4 Å². The summed E-state index contributed by atoms with van der Waals surface area (Å²) >= 11 is 0.